The van der Waals surface area contributed by atoms with Crippen molar-refractivity contribution < 1.29 is 17.9 Å². The van der Waals surface area contributed by atoms with Gasteiger partial charge in [0.05, 0.1) is 12.4 Å². The van der Waals surface area contributed by atoms with E-state index < -0.39 is 10.0 Å². The maximum absolute atomic E-state index is 12.2. The van der Waals surface area contributed by atoms with Crippen LogP contribution < -0.4 is 15.4 Å². The van der Waals surface area contributed by atoms with Crippen LogP contribution in [0.1, 0.15) is 51.9 Å². The van der Waals surface area contributed by atoms with Crippen molar-refractivity contribution in [3.8, 4) is 0 Å². The van der Waals surface area contributed by atoms with Crippen LogP contribution in [-0.4, -0.2) is 51.5 Å². The Morgan fingerprint density at radius 2 is 1.87 bits per heavy atom. The van der Waals surface area contributed by atoms with Crippen LogP contribution in [-0.2, 0) is 14.8 Å². The number of nitrogens with one attached hydrogen (secondary N) is 3. The van der Waals surface area contributed by atoms with Crippen LogP contribution in [0.25, 0.3) is 0 Å². The number of amides is 2. The van der Waals surface area contributed by atoms with Crippen LogP contribution in [0.15, 0.2) is 0 Å². The molecular formula is C15H29N3O4S. The summed E-state index contributed by atoms with van der Waals surface area (Å²) in [5.74, 6) is 0. The average Bonchev–Trinajstić information content (AvgIpc) is 2.91. The lowest BCUT2D eigenvalue weighted by Gasteiger charge is -2.32. The first-order chi connectivity index (χ1) is 10.8. The van der Waals surface area contributed by atoms with E-state index in [1.165, 1.54) is 0 Å². The standard InChI is InChI=1S/C15H29N3O4S/c1-11(10-12-6-5-9-22-12)16-15(19)17-13-7-3-4-8-14(13)18-23(2,20)21/h11-14,18H,3-10H2,1-2H3,(H2,16,17,19). The first kappa shape index (κ1) is 18.5. The first-order valence-electron chi connectivity index (χ1n) is 8.49. The smallest absolute Gasteiger partial charge is 0.315 e. The van der Waals surface area contributed by atoms with Gasteiger partial charge in [-0.05, 0) is 39.0 Å². The van der Waals surface area contributed by atoms with Gasteiger partial charge >= 0.3 is 6.03 Å². The summed E-state index contributed by atoms with van der Waals surface area (Å²) < 4.78 is 31.1. The maximum atomic E-state index is 12.2. The Balaban J connectivity index is 1.79. The third kappa shape index (κ3) is 6.64. The van der Waals surface area contributed by atoms with Crippen molar-refractivity contribution >= 4 is 16.1 Å². The lowest BCUT2D eigenvalue weighted by molar-refractivity contribution is 0.0970. The van der Waals surface area contributed by atoms with Crippen molar-refractivity contribution in [1.82, 2.24) is 15.4 Å². The van der Waals surface area contributed by atoms with Gasteiger partial charge in [-0.25, -0.2) is 17.9 Å². The van der Waals surface area contributed by atoms with Crippen LogP contribution in [0.3, 0.4) is 0 Å². The summed E-state index contributed by atoms with van der Waals surface area (Å²) in [5, 5.41) is 5.86. The number of sulfonamides is 1. The molecule has 0 aromatic rings. The number of hydrogen-bond acceptors (Lipinski definition) is 4. The zero-order chi connectivity index (χ0) is 16.9. The molecule has 1 heterocycles. The molecule has 1 aliphatic heterocycles. The van der Waals surface area contributed by atoms with Gasteiger partial charge in [0.2, 0.25) is 10.0 Å². The second-order valence-electron chi connectivity index (χ2n) is 6.78. The normalized spacial score (nSPS) is 29.9. The van der Waals surface area contributed by atoms with E-state index in [2.05, 4.69) is 15.4 Å². The van der Waals surface area contributed by atoms with Gasteiger partial charge in [0.25, 0.3) is 0 Å². The van der Waals surface area contributed by atoms with E-state index in [0.29, 0.717) is 0 Å². The van der Waals surface area contributed by atoms with Crippen LogP contribution in [0.2, 0.25) is 0 Å². The molecule has 3 N–H and O–H groups in total. The number of ether oxygens (including phenoxy) is 1. The van der Waals surface area contributed by atoms with Gasteiger partial charge in [0, 0.05) is 24.7 Å². The molecular weight excluding hydrogens is 318 g/mol. The second kappa shape index (κ2) is 8.30. The Labute approximate surface area is 139 Å². The fourth-order valence-electron chi connectivity index (χ4n) is 3.44. The minimum atomic E-state index is -3.27. The van der Waals surface area contributed by atoms with Gasteiger partial charge < -0.3 is 15.4 Å². The zero-order valence-electron chi connectivity index (χ0n) is 14.0. The number of carbonyl (C=O) groups excluding carboxylic acids is 1. The second-order valence-corrected chi connectivity index (χ2v) is 8.56. The van der Waals surface area contributed by atoms with E-state index in [1.807, 2.05) is 6.92 Å². The molecule has 8 heteroatoms. The Kier molecular flexibility index (Phi) is 6.67. The molecule has 2 aliphatic rings. The molecule has 7 nitrogen and oxygen atoms in total. The van der Waals surface area contributed by atoms with E-state index in [0.717, 1.165) is 57.8 Å². The molecule has 23 heavy (non-hydrogen) atoms. The van der Waals surface area contributed by atoms with Gasteiger partial charge in [0.15, 0.2) is 0 Å². The molecule has 134 valence electrons. The van der Waals surface area contributed by atoms with Crippen LogP contribution in [0.4, 0.5) is 4.79 Å². The zero-order valence-corrected chi connectivity index (χ0v) is 14.8. The molecule has 4 atom stereocenters. The maximum Gasteiger partial charge on any atom is 0.315 e. The molecule has 0 bridgehead atoms. The number of rotatable bonds is 6. The molecule has 4 unspecified atom stereocenters. The predicted octanol–water partition coefficient (Wildman–Crippen LogP) is 1.10. The van der Waals surface area contributed by atoms with E-state index in [4.69, 9.17) is 4.74 Å². The van der Waals surface area contributed by atoms with E-state index in [9.17, 15) is 13.2 Å². The van der Waals surface area contributed by atoms with Gasteiger partial charge in [-0.2, -0.15) is 0 Å². The van der Waals surface area contributed by atoms with E-state index in [-0.39, 0.29) is 30.3 Å². The van der Waals surface area contributed by atoms with Crippen molar-refractivity contribution in [3.63, 3.8) is 0 Å². The van der Waals surface area contributed by atoms with Crippen LogP contribution in [0.5, 0.6) is 0 Å². The quantitative estimate of drug-likeness (QED) is 0.670. The highest BCUT2D eigenvalue weighted by molar-refractivity contribution is 7.88. The Hall–Kier alpha value is -0.860. The summed E-state index contributed by atoms with van der Waals surface area (Å²) in [7, 11) is -3.27. The molecule has 2 amide bonds. The number of carbonyl (C=O) groups is 1. The fourth-order valence-corrected chi connectivity index (χ4v) is 4.27. The van der Waals surface area contributed by atoms with E-state index >= 15 is 0 Å². The van der Waals surface area contributed by atoms with Crippen molar-refractivity contribution in [3.05, 3.63) is 0 Å². The highest BCUT2D eigenvalue weighted by atomic mass is 32.2. The minimum absolute atomic E-state index is 0.0306. The van der Waals surface area contributed by atoms with Crippen molar-refractivity contribution in [2.24, 2.45) is 0 Å². The SMILES string of the molecule is CC(CC1CCCO1)NC(=O)NC1CCCCC1NS(C)(=O)=O. The molecule has 1 saturated carbocycles. The summed E-state index contributed by atoms with van der Waals surface area (Å²) in [4.78, 5) is 12.2. The summed E-state index contributed by atoms with van der Waals surface area (Å²) in [5.41, 5.74) is 0. The lowest BCUT2D eigenvalue weighted by atomic mass is 9.91. The molecule has 0 aromatic heterocycles. The lowest BCUT2D eigenvalue weighted by Crippen LogP contribution is -2.55. The summed E-state index contributed by atoms with van der Waals surface area (Å²) >= 11 is 0. The summed E-state index contributed by atoms with van der Waals surface area (Å²) in [6.07, 6.45) is 7.86. The van der Waals surface area contributed by atoms with Crippen molar-refractivity contribution in [2.75, 3.05) is 12.9 Å². The molecule has 2 rings (SSSR count). The Morgan fingerprint density at radius 3 is 2.48 bits per heavy atom. The first-order valence-corrected chi connectivity index (χ1v) is 10.4. The van der Waals surface area contributed by atoms with Crippen molar-refractivity contribution in [1.29, 1.82) is 0 Å². The Bertz CT molecular complexity index is 491. The monoisotopic (exact) mass is 347 g/mol. The molecule has 1 saturated heterocycles. The van der Waals surface area contributed by atoms with Gasteiger partial charge in [-0.1, -0.05) is 12.8 Å². The largest absolute Gasteiger partial charge is 0.378 e. The third-order valence-corrected chi connectivity index (χ3v) is 5.20. The number of hydrogen-bond donors (Lipinski definition) is 3. The fraction of sp³-hybridized carbons (Fsp3) is 0.933. The van der Waals surface area contributed by atoms with Crippen molar-refractivity contribution in [2.45, 2.75) is 76.1 Å². The van der Waals surface area contributed by atoms with Crippen LogP contribution in [0, 0.1) is 0 Å². The van der Waals surface area contributed by atoms with Gasteiger partial charge in [-0.3, -0.25) is 0 Å². The minimum Gasteiger partial charge on any atom is -0.378 e. The number of urea groups is 1. The molecule has 0 aromatic carbocycles. The summed E-state index contributed by atoms with van der Waals surface area (Å²) in [6, 6.07) is -0.586. The van der Waals surface area contributed by atoms with Crippen LogP contribution >= 0.6 is 0 Å². The molecule has 0 spiro atoms. The highest BCUT2D eigenvalue weighted by Gasteiger charge is 2.29. The summed E-state index contributed by atoms with van der Waals surface area (Å²) in [6.45, 7) is 2.78. The average molecular weight is 347 g/mol. The molecule has 1 aliphatic carbocycles. The predicted molar refractivity (Wildman–Crippen MR) is 88.7 cm³/mol. The Morgan fingerprint density at radius 1 is 1.17 bits per heavy atom. The highest BCUT2D eigenvalue weighted by Crippen LogP contribution is 2.19. The topological polar surface area (TPSA) is 96.5 Å². The third-order valence-electron chi connectivity index (χ3n) is 4.47. The molecule has 0 radical (unpaired) electrons. The van der Waals surface area contributed by atoms with Gasteiger partial charge in [-0.15, -0.1) is 0 Å². The van der Waals surface area contributed by atoms with E-state index in [1.54, 1.807) is 0 Å². The molecule has 2 fully saturated rings. The van der Waals surface area contributed by atoms with Gasteiger partial charge in [0.1, 0.15) is 0 Å².